The van der Waals surface area contributed by atoms with Gasteiger partial charge in [0.2, 0.25) is 5.91 Å². The number of nitrogens with zero attached hydrogens (tertiary/aromatic N) is 1. The topological polar surface area (TPSA) is 81.9 Å². The summed E-state index contributed by atoms with van der Waals surface area (Å²) < 4.78 is 11.4. The van der Waals surface area contributed by atoms with Gasteiger partial charge in [-0.05, 0) is 47.0 Å². The molecule has 0 spiro atoms. The number of carbonyl (C=O) groups excluding carboxylic acids is 2. The van der Waals surface area contributed by atoms with Crippen molar-refractivity contribution >= 4 is 22.8 Å². The minimum atomic E-state index is -0.497. The van der Waals surface area contributed by atoms with Crippen molar-refractivity contribution in [2.24, 2.45) is 5.73 Å². The molecule has 2 aliphatic rings. The SMILES string of the molecule is NC(=O)c1ccc(C2=C(c3ccccc3)c3ccc(OCCN4CCOCC4)cc3C2=O)cc1. The van der Waals surface area contributed by atoms with Crippen LogP contribution in [0.1, 0.15) is 37.4 Å². The first-order valence-corrected chi connectivity index (χ1v) is 11.4. The molecule has 34 heavy (non-hydrogen) atoms. The number of rotatable bonds is 7. The number of ketones is 1. The second-order valence-corrected chi connectivity index (χ2v) is 8.40. The number of hydrogen-bond acceptors (Lipinski definition) is 5. The summed E-state index contributed by atoms with van der Waals surface area (Å²) in [4.78, 5) is 27.5. The fraction of sp³-hybridized carbons (Fsp3) is 0.214. The molecule has 0 aromatic heterocycles. The van der Waals surface area contributed by atoms with E-state index >= 15 is 0 Å². The summed E-state index contributed by atoms with van der Waals surface area (Å²) in [5.74, 6) is 0.126. The molecule has 0 radical (unpaired) electrons. The van der Waals surface area contributed by atoms with Crippen LogP contribution in [-0.2, 0) is 4.74 Å². The van der Waals surface area contributed by atoms with Gasteiger partial charge in [-0.2, -0.15) is 0 Å². The smallest absolute Gasteiger partial charge is 0.248 e. The molecule has 1 saturated heterocycles. The van der Waals surface area contributed by atoms with Gasteiger partial charge in [-0.25, -0.2) is 0 Å². The van der Waals surface area contributed by atoms with Gasteiger partial charge >= 0.3 is 0 Å². The largest absolute Gasteiger partial charge is 0.492 e. The van der Waals surface area contributed by atoms with E-state index in [1.807, 2.05) is 48.5 Å². The monoisotopic (exact) mass is 454 g/mol. The van der Waals surface area contributed by atoms with Gasteiger partial charge in [0.1, 0.15) is 12.4 Å². The number of carbonyl (C=O) groups is 2. The molecule has 2 N–H and O–H groups in total. The lowest BCUT2D eigenvalue weighted by Gasteiger charge is -2.26. The molecule has 6 heteroatoms. The second-order valence-electron chi connectivity index (χ2n) is 8.40. The van der Waals surface area contributed by atoms with E-state index in [9.17, 15) is 9.59 Å². The average molecular weight is 455 g/mol. The Hall–Kier alpha value is -3.74. The molecule has 6 nitrogen and oxygen atoms in total. The van der Waals surface area contributed by atoms with Crippen molar-refractivity contribution in [3.05, 3.63) is 101 Å². The van der Waals surface area contributed by atoms with Crippen LogP contribution in [0.4, 0.5) is 0 Å². The Morgan fingerprint density at radius 1 is 0.882 bits per heavy atom. The normalized spacial score (nSPS) is 15.9. The van der Waals surface area contributed by atoms with Crippen LogP contribution in [0.2, 0.25) is 0 Å². The molecule has 1 aliphatic carbocycles. The minimum Gasteiger partial charge on any atom is -0.492 e. The van der Waals surface area contributed by atoms with Gasteiger partial charge in [-0.15, -0.1) is 0 Å². The molecular weight excluding hydrogens is 428 g/mol. The molecule has 1 amide bonds. The first-order valence-electron chi connectivity index (χ1n) is 11.4. The van der Waals surface area contributed by atoms with Gasteiger partial charge < -0.3 is 15.2 Å². The number of Topliss-reactive ketones (excluding diaryl/α,β-unsaturated/α-hetero) is 1. The fourth-order valence-corrected chi connectivity index (χ4v) is 4.50. The second kappa shape index (κ2) is 9.63. The molecule has 1 fully saturated rings. The highest BCUT2D eigenvalue weighted by atomic mass is 16.5. The van der Waals surface area contributed by atoms with Crippen LogP contribution in [-0.4, -0.2) is 56.0 Å². The molecule has 3 aromatic rings. The summed E-state index contributed by atoms with van der Waals surface area (Å²) in [6, 6.07) is 22.5. The van der Waals surface area contributed by atoms with E-state index in [1.54, 1.807) is 24.3 Å². The lowest BCUT2D eigenvalue weighted by Crippen LogP contribution is -2.38. The molecule has 0 bridgehead atoms. The number of hydrogen-bond donors (Lipinski definition) is 1. The Bertz CT molecular complexity index is 1240. The van der Waals surface area contributed by atoms with Crippen molar-refractivity contribution in [2.45, 2.75) is 0 Å². The minimum absolute atomic E-state index is 0.0562. The van der Waals surface area contributed by atoms with Crippen LogP contribution >= 0.6 is 0 Å². The quantitative estimate of drug-likeness (QED) is 0.589. The van der Waals surface area contributed by atoms with Crippen molar-refractivity contribution < 1.29 is 19.1 Å². The van der Waals surface area contributed by atoms with Gasteiger partial charge in [-0.3, -0.25) is 14.5 Å². The molecule has 0 unspecified atom stereocenters. The van der Waals surface area contributed by atoms with Crippen molar-refractivity contribution in [2.75, 3.05) is 39.5 Å². The number of benzene rings is 3. The first kappa shape index (κ1) is 22.1. The van der Waals surface area contributed by atoms with Crippen molar-refractivity contribution in [1.82, 2.24) is 4.90 Å². The van der Waals surface area contributed by atoms with E-state index in [2.05, 4.69) is 4.90 Å². The van der Waals surface area contributed by atoms with Crippen molar-refractivity contribution in [1.29, 1.82) is 0 Å². The van der Waals surface area contributed by atoms with Gasteiger partial charge in [0.25, 0.3) is 0 Å². The van der Waals surface area contributed by atoms with Gasteiger partial charge in [0.05, 0.1) is 13.2 Å². The third-order valence-corrected chi connectivity index (χ3v) is 6.28. The van der Waals surface area contributed by atoms with Crippen LogP contribution in [0.5, 0.6) is 5.75 Å². The highest BCUT2D eigenvalue weighted by Crippen LogP contribution is 2.43. The van der Waals surface area contributed by atoms with E-state index in [4.69, 9.17) is 15.2 Å². The maximum absolute atomic E-state index is 13.6. The van der Waals surface area contributed by atoms with Gasteiger partial charge in [0.15, 0.2) is 5.78 Å². The maximum Gasteiger partial charge on any atom is 0.248 e. The summed E-state index contributed by atoms with van der Waals surface area (Å²) in [7, 11) is 0. The Morgan fingerprint density at radius 3 is 2.29 bits per heavy atom. The third kappa shape index (κ3) is 4.38. The number of amides is 1. The summed E-state index contributed by atoms with van der Waals surface area (Å²) in [6.07, 6.45) is 0. The molecular formula is C28H26N2O4. The number of allylic oxidation sites excluding steroid dienone is 1. The predicted octanol–water partition coefficient (Wildman–Crippen LogP) is 3.65. The Morgan fingerprint density at radius 2 is 1.59 bits per heavy atom. The zero-order valence-corrected chi connectivity index (χ0v) is 18.8. The Kier molecular flexibility index (Phi) is 6.25. The third-order valence-electron chi connectivity index (χ3n) is 6.28. The fourth-order valence-electron chi connectivity index (χ4n) is 4.50. The van der Waals surface area contributed by atoms with Gasteiger partial charge in [0, 0.05) is 41.9 Å². The van der Waals surface area contributed by atoms with Crippen LogP contribution in [0.3, 0.4) is 0 Å². The molecule has 3 aromatic carbocycles. The van der Waals surface area contributed by atoms with E-state index in [1.165, 1.54) is 0 Å². The zero-order valence-electron chi connectivity index (χ0n) is 18.8. The molecule has 0 saturated carbocycles. The summed E-state index contributed by atoms with van der Waals surface area (Å²) in [5.41, 5.74) is 10.5. The van der Waals surface area contributed by atoms with E-state index < -0.39 is 5.91 Å². The number of morpholine rings is 1. The Balaban J connectivity index is 1.45. The number of primary amides is 1. The number of nitrogens with two attached hydrogens (primary N) is 1. The van der Waals surface area contributed by atoms with Crippen molar-refractivity contribution in [3.63, 3.8) is 0 Å². The van der Waals surface area contributed by atoms with Crippen LogP contribution < -0.4 is 10.5 Å². The Labute approximate surface area is 198 Å². The van der Waals surface area contributed by atoms with Crippen LogP contribution in [0.25, 0.3) is 11.1 Å². The van der Waals surface area contributed by atoms with E-state index in [-0.39, 0.29) is 5.78 Å². The van der Waals surface area contributed by atoms with Crippen molar-refractivity contribution in [3.8, 4) is 5.75 Å². The van der Waals surface area contributed by atoms with E-state index in [0.717, 1.165) is 55.1 Å². The first-order chi connectivity index (χ1) is 16.6. The molecule has 1 aliphatic heterocycles. The lowest BCUT2D eigenvalue weighted by molar-refractivity contribution is 0.0322. The summed E-state index contributed by atoms with van der Waals surface area (Å²) in [6.45, 7) is 4.70. The van der Waals surface area contributed by atoms with Gasteiger partial charge in [-0.1, -0.05) is 42.5 Å². The molecule has 172 valence electrons. The standard InChI is InChI=1S/C28H26N2O4/c29-28(32)21-8-6-20(7-9-21)26-25(19-4-2-1-3-5-19)23-11-10-22(18-24(23)27(26)31)34-17-14-30-12-15-33-16-13-30/h1-11,18H,12-17H2,(H2,29,32). The lowest BCUT2D eigenvalue weighted by atomic mass is 9.94. The summed E-state index contributed by atoms with van der Waals surface area (Å²) >= 11 is 0. The summed E-state index contributed by atoms with van der Waals surface area (Å²) in [5, 5.41) is 0. The highest BCUT2D eigenvalue weighted by molar-refractivity contribution is 6.41. The van der Waals surface area contributed by atoms with Crippen LogP contribution in [0, 0.1) is 0 Å². The molecule has 5 rings (SSSR count). The van der Waals surface area contributed by atoms with E-state index in [0.29, 0.717) is 29.1 Å². The maximum atomic E-state index is 13.6. The highest BCUT2D eigenvalue weighted by Gasteiger charge is 2.32. The number of fused-ring (bicyclic) bond motifs is 1. The molecule has 0 atom stereocenters. The van der Waals surface area contributed by atoms with Crippen LogP contribution in [0.15, 0.2) is 72.8 Å². The average Bonchev–Trinajstić information content (AvgIpc) is 3.17. The number of ether oxygens (including phenoxy) is 2. The zero-order chi connectivity index (χ0) is 23.5. The molecule has 1 heterocycles. The predicted molar refractivity (Wildman–Crippen MR) is 131 cm³/mol.